The maximum Gasteiger partial charge on any atom is 0.203 e. The maximum absolute atomic E-state index is 5.50. The van der Waals surface area contributed by atoms with Gasteiger partial charge < -0.3 is 5.73 Å². The Labute approximate surface area is 85.8 Å². The standard InChI is InChI=1S/C9H10N4S/c1-2-7-4-3-6(5-11-7)8-12-13-9(10)14-8/h3-5H,2H2,1H3,(H2,10,13). The molecule has 0 radical (unpaired) electrons. The molecule has 0 fully saturated rings. The second-order valence-corrected chi connectivity index (χ2v) is 3.85. The number of nitrogens with zero attached hydrogens (tertiary/aromatic N) is 3. The van der Waals surface area contributed by atoms with Gasteiger partial charge in [-0.25, -0.2) is 0 Å². The molecule has 2 aromatic rings. The lowest BCUT2D eigenvalue weighted by Crippen LogP contribution is -1.86. The van der Waals surface area contributed by atoms with E-state index in [1.54, 1.807) is 6.20 Å². The van der Waals surface area contributed by atoms with Crippen molar-refractivity contribution in [1.29, 1.82) is 0 Å². The fraction of sp³-hybridized carbons (Fsp3) is 0.222. The van der Waals surface area contributed by atoms with Gasteiger partial charge in [0, 0.05) is 17.5 Å². The first-order chi connectivity index (χ1) is 6.79. The Bertz CT molecular complexity index is 421. The minimum atomic E-state index is 0.486. The lowest BCUT2D eigenvalue weighted by atomic mass is 10.2. The Balaban J connectivity index is 2.33. The molecule has 14 heavy (non-hydrogen) atoms. The Hall–Kier alpha value is -1.49. The van der Waals surface area contributed by atoms with Gasteiger partial charge in [0.2, 0.25) is 5.13 Å². The largest absolute Gasteiger partial charge is 0.374 e. The number of hydrogen-bond donors (Lipinski definition) is 1. The Morgan fingerprint density at radius 3 is 2.71 bits per heavy atom. The highest BCUT2D eigenvalue weighted by Crippen LogP contribution is 2.23. The molecular weight excluding hydrogens is 196 g/mol. The molecule has 0 aliphatic carbocycles. The quantitative estimate of drug-likeness (QED) is 0.813. The molecule has 0 unspecified atom stereocenters. The molecular formula is C9H10N4S. The fourth-order valence-corrected chi connectivity index (χ4v) is 1.71. The van der Waals surface area contributed by atoms with E-state index >= 15 is 0 Å². The van der Waals surface area contributed by atoms with Crippen LogP contribution in [0.25, 0.3) is 10.6 Å². The van der Waals surface area contributed by atoms with Crippen LogP contribution >= 0.6 is 11.3 Å². The molecule has 0 aromatic carbocycles. The van der Waals surface area contributed by atoms with Crippen molar-refractivity contribution < 1.29 is 0 Å². The SMILES string of the molecule is CCc1ccc(-c2nnc(N)s2)cn1. The van der Waals surface area contributed by atoms with Crippen LogP contribution in [0.15, 0.2) is 18.3 Å². The first-order valence-corrected chi connectivity index (χ1v) is 5.15. The molecule has 0 aliphatic rings. The van der Waals surface area contributed by atoms with Gasteiger partial charge in [-0.15, -0.1) is 10.2 Å². The van der Waals surface area contributed by atoms with Crippen LogP contribution in [0.3, 0.4) is 0 Å². The summed E-state index contributed by atoms with van der Waals surface area (Å²) in [4.78, 5) is 4.28. The van der Waals surface area contributed by atoms with Crippen molar-refractivity contribution in [3.8, 4) is 10.6 Å². The average Bonchev–Trinajstić information content (AvgIpc) is 2.65. The molecule has 72 valence electrons. The molecule has 0 amide bonds. The number of nitrogens with two attached hydrogens (primary N) is 1. The van der Waals surface area contributed by atoms with E-state index in [1.165, 1.54) is 11.3 Å². The van der Waals surface area contributed by atoms with Crippen LogP contribution in [0.5, 0.6) is 0 Å². The van der Waals surface area contributed by atoms with Crippen LogP contribution in [0.1, 0.15) is 12.6 Å². The van der Waals surface area contributed by atoms with Crippen molar-refractivity contribution in [2.24, 2.45) is 0 Å². The van der Waals surface area contributed by atoms with E-state index in [1.807, 2.05) is 12.1 Å². The van der Waals surface area contributed by atoms with Crippen LogP contribution in [0.2, 0.25) is 0 Å². The van der Waals surface area contributed by atoms with Gasteiger partial charge in [0.1, 0.15) is 0 Å². The monoisotopic (exact) mass is 206 g/mol. The van der Waals surface area contributed by atoms with E-state index < -0.39 is 0 Å². The molecule has 0 spiro atoms. The molecule has 0 saturated carbocycles. The molecule has 5 heteroatoms. The molecule has 2 heterocycles. The molecule has 0 bridgehead atoms. The maximum atomic E-state index is 5.50. The molecule has 2 aromatic heterocycles. The molecule has 0 atom stereocenters. The van der Waals surface area contributed by atoms with E-state index in [-0.39, 0.29) is 0 Å². The summed E-state index contributed by atoms with van der Waals surface area (Å²) in [7, 11) is 0. The van der Waals surface area contributed by atoms with Crippen LogP contribution in [0.4, 0.5) is 5.13 Å². The molecule has 2 N–H and O–H groups in total. The third kappa shape index (κ3) is 1.72. The van der Waals surface area contributed by atoms with E-state index in [2.05, 4.69) is 22.1 Å². The molecule has 0 aliphatic heterocycles. The summed E-state index contributed by atoms with van der Waals surface area (Å²) in [6, 6.07) is 3.98. The Morgan fingerprint density at radius 2 is 2.21 bits per heavy atom. The van der Waals surface area contributed by atoms with E-state index in [0.29, 0.717) is 5.13 Å². The minimum absolute atomic E-state index is 0.486. The number of aryl methyl sites for hydroxylation is 1. The van der Waals surface area contributed by atoms with Crippen molar-refractivity contribution in [3.05, 3.63) is 24.0 Å². The number of nitrogen functional groups attached to an aromatic ring is 1. The van der Waals surface area contributed by atoms with Gasteiger partial charge in [-0.2, -0.15) is 0 Å². The highest BCUT2D eigenvalue weighted by Gasteiger charge is 2.04. The first-order valence-electron chi connectivity index (χ1n) is 4.34. The second kappa shape index (κ2) is 3.71. The van der Waals surface area contributed by atoms with Crippen molar-refractivity contribution >= 4 is 16.5 Å². The summed E-state index contributed by atoms with van der Waals surface area (Å²) < 4.78 is 0. The third-order valence-electron chi connectivity index (χ3n) is 1.87. The number of rotatable bonds is 2. The first kappa shape index (κ1) is 9.08. The predicted molar refractivity (Wildman–Crippen MR) is 56.9 cm³/mol. The van der Waals surface area contributed by atoms with Crippen molar-refractivity contribution in [3.63, 3.8) is 0 Å². The summed E-state index contributed by atoms with van der Waals surface area (Å²) in [5.74, 6) is 0. The Morgan fingerprint density at radius 1 is 1.36 bits per heavy atom. The highest BCUT2D eigenvalue weighted by molar-refractivity contribution is 7.18. The minimum Gasteiger partial charge on any atom is -0.374 e. The van der Waals surface area contributed by atoms with Gasteiger partial charge in [-0.3, -0.25) is 4.98 Å². The number of hydrogen-bond acceptors (Lipinski definition) is 5. The average molecular weight is 206 g/mol. The van der Waals surface area contributed by atoms with Crippen LogP contribution in [-0.2, 0) is 6.42 Å². The number of pyridine rings is 1. The summed E-state index contributed by atoms with van der Waals surface area (Å²) in [5, 5.41) is 9.00. The van der Waals surface area contributed by atoms with Crippen molar-refractivity contribution in [2.45, 2.75) is 13.3 Å². The Kier molecular flexibility index (Phi) is 2.41. The van der Waals surface area contributed by atoms with Crippen molar-refractivity contribution in [1.82, 2.24) is 15.2 Å². The zero-order valence-corrected chi connectivity index (χ0v) is 8.58. The van der Waals surface area contributed by atoms with Crippen LogP contribution in [-0.4, -0.2) is 15.2 Å². The lowest BCUT2D eigenvalue weighted by molar-refractivity contribution is 1.03. The summed E-state index contributed by atoms with van der Waals surface area (Å²) in [6.07, 6.45) is 2.75. The number of anilines is 1. The lowest BCUT2D eigenvalue weighted by Gasteiger charge is -1.96. The highest BCUT2D eigenvalue weighted by atomic mass is 32.1. The van der Waals surface area contributed by atoms with Gasteiger partial charge in [0.05, 0.1) is 0 Å². The van der Waals surface area contributed by atoms with Gasteiger partial charge in [-0.1, -0.05) is 18.3 Å². The second-order valence-electron chi connectivity index (χ2n) is 2.84. The summed E-state index contributed by atoms with van der Waals surface area (Å²) in [6.45, 7) is 2.07. The van der Waals surface area contributed by atoms with Crippen LogP contribution in [0, 0.1) is 0 Å². The molecule has 4 nitrogen and oxygen atoms in total. The van der Waals surface area contributed by atoms with E-state index in [4.69, 9.17) is 5.73 Å². The smallest absolute Gasteiger partial charge is 0.203 e. The van der Waals surface area contributed by atoms with E-state index in [0.717, 1.165) is 22.7 Å². The molecule has 0 saturated heterocycles. The zero-order chi connectivity index (χ0) is 9.97. The zero-order valence-electron chi connectivity index (χ0n) is 7.77. The summed E-state index contributed by atoms with van der Waals surface area (Å²) >= 11 is 1.37. The molecule has 2 rings (SSSR count). The van der Waals surface area contributed by atoms with Gasteiger partial charge in [0.25, 0.3) is 0 Å². The number of aromatic nitrogens is 3. The summed E-state index contributed by atoms with van der Waals surface area (Å²) in [5.41, 5.74) is 7.54. The normalized spacial score (nSPS) is 10.4. The van der Waals surface area contributed by atoms with Gasteiger partial charge >= 0.3 is 0 Å². The fourth-order valence-electron chi connectivity index (χ4n) is 1.11. The topological polar surface area (TPSA) is 64.7 Å². The van der Waals surface area contributed by atoms with Gasteiger partial charge in [-0.05, 0) is 18.6 Å². The van der Waals surface area contributed by atoms with E-state index in [9.17, 15) is 0 Å². The van der Waals surface area contributed by atoms with Gasteiger partial charge in [0.15, 0.2) is 5.01 Å². The van der Waals surface area contributed by atoms with Crippen molar-refractivity contribution in [2.75, 3.05) is 5.73 Å². The third-order valence-corrected chi connectivity index (χ3v) is 2.68. The van der Waals surface area contributed by atoms with Crippen LogP contribution < -0.4 is 5.73 Å². The predicted octanol–water partition coefficient (Wildman–Crippen LogP) is 1.74.